The molecule has 0 N–H and O–H groups in total. The Labute approximate surface area is 60.0 Å². The highest BCUT2D eigenvalue weighted by Crippen LogP contribution is 2.22. The molecule has 0 saturated carbocycles. The zero-order chi connectivity index (χ0) is 6.97. The van der Waals surface area contributed by atoms with Gasteiger partial charge >= 0.3 is 6.09 Å². The normalized spacial score (nSPS) is 31.8. The summed E-state index contributed by atoms with van der Waals surface area (Å²) in [5.41, 5.74) is 0. The second-order valence-corrected chi connectivity index (χ2v) is 2.92. The van der Waals surface area contributed by atoms with Crippen LogP contribution in [0.1, 0.15) is 19.3 Å². The van der Waals surface area contributed by atoms with Crippen LogP contribution in [0.3, 0.4) is 0 Å². The maximum absolute atomic E-state index is 10.9. The highest BCUT2D eigenvalue weighted by atomic mass is 16.6. The van der Waals surface area contributed by atoms with Gasteiger partial charge in [0, 0.05) is 6.54 Å². The molecule has 2 aliphatic heterocycles. The molecule has 2 saturated heterocycles. The van der Waals surface area contributed by atoms with Crippen molar-refractivity contribution in [2.24, 2.45) is 0 Å². The molecule has 1 amide bonds. The molecule has 2 heterocycles. The van der Waals surface area contributed by atoms with Gasteiger partial charge in [-0.15, -0.1) is 0 Å². The van der Waals surface area contributed by atoms with Gasteiger partial charge in [0.1, 0.15) is 6.61 Å². The van der Waals surface area contributed by atoms with Crippen molar-refractivity contribution in [1.29, 1.82) is 0 Å². The van der Waals surface area contributed by atoms with E-state index in [1.54, 1.807) is 0 Å². The van der Waals surface area contributed by atoms with Gasteiger partial charge in [0.2, 0.25) is 0 Å². The summed E-state index contributed by atoms with van der Waals surface area (Å²) in [7, 11) is 0. The first kappa shape index (κ1) is 6.01. The molecule has 2 rings (SSSR count). The molecular formula is C7H11NO2. The van der Waals surface area contributed by atoms with E-state index < -0.39 is 0 Å². The molecule has 0 aromatic rings. The minimum absolute atomic E-state index is 0.107. The van der Waals surface area contributed by atoms with Gasteiger partial charge in [-0.25, -0.2) is 4.79 Å². The maximum atomic E-state index is 10.9. The first-order chi connectivity index (χ1) is 4.88. The van der Waals surface area contributed by atoms with Crippen LogP contribution < -0.4 is 0 Å². The summed E-state index contributed by atoms with van der Waals surface area (Å²) in [5.74, 6) is 0. The van der Waals surface area contributed by atoms with Gasteiger partial charge in [-0.1, -0.05) is 0 Å². The van der Waals surface area contributed by atoms with E-state index >= 15 is 0 Å². The van der Waals surface area contributed by atoms with Crippen LogP contribution in [0.5, 0.6) is 0 Å². The predicted octanol–water partition coefficient (Wildman–Crippen LogP) is 0.991. The summed E-state index contributed by atoms with van der Waals surface area (Å²) in [4.78, 5) is 12.8. The topological polar surface area (TPSA) is 29.5 Å². The second kappa shape index (κ2) is 2.15. The zero-order valence-corrected chi connectivity index (χ0v) is 5.88. The Bertz CT molecular complexity index is 158. The first-order valence-electron chi connectivity index (χ1n) is 3.81. The number of carbonyl (C=O) groups excluding carboxylic acids is 1. The lowest BCUT2D eigenvalue weighted by molar-refractivity contribution is 0.154. The third-order valence-electron chi connectivity index (χ3n) is 2.26. The van der Waals surface area contributed by atoms with Gasteiger partial charge in [-0.3, -0.25) is 0 Å². The number of ether oxygens (including phenoxy) is 1. The van der Waals surface area contributed by atoms with E-state index in [1.165, 1.54) is 6.42 Å². The summed E-state index contributed by atoms with van der Waals surface area (Å²) >= 11 is 0. The van der Waals surface area contributed by atoms with Gasteiger partial charge in [-0.2, -0.15) is 0 Å². The number of fused-ring (bicyclic) bond motifs is 1. The van der Waals surface area contributed by atoms with Crippen molar-refractivity contribution in [2.75, 3.05) is 13.2 Å². The number of nitrogens with zero attached hydrogens (tertiary/aromatic N) is 1. The molecule has 56 valence electrons. The second-order valence-electron chi connectivity index (χ2n) is 2.92. The van der Waals surface area contributed by atoms with Crippen molar-refractivity contribution in [3.8, 4) is 0 Å². The number of hydrogen-bond acceptors (Lipinski definition) is 2. The molecular weight excluding hydrogens is 130 g/mol. The van der Waals surface area contributed by atoms with Crippen molar-refractivity contribution < 1.29 is 9.53 Å². The Morgan fingerprint density at radius 1 is 1.50 bits per heavy atom. The minimum atomic E-state index is -0.107. The van der Waals surface area contributed by atoms with E-state index in [0.717, 1.165) is 19.4 Å². The van der Waals surface area contributed by atoms with Crippen molar-refractivity contribution in [3.63, 3.8) is 0 Å². The van der Waals surface area contributed by atoms with E-state index in [9.17, 15) is 4.79 Å². The number of rotatable bonds is 0. The third kappa shape index (κ3) is 0.770. The lowest BCUT2D eigenvalue weighted by Gasteiger charge is -2.25. The van der Waals surface area contributed by atoms with Crippen LogP contribution in [0.2, 0.25) is 0 Å². The molecule has 0 aliphatic carbocycles. The Balaban J connectivity index is 2.08. The van der Waals surface area contributed by atoms with E-state index in [0.29, 0.717) is 12.6 Å². The predicted molar refractivity (Wildman–Crippen MR) is 35.7 cm³/mol. The van der Waals surface area contributed by atoms with Crippen LogP contribution in [-0.2, 0) is 4.74 Å². The molecule has 0 aromatic carbocycles. The van der Waals surface area contributed by atoms with Crippen molar-refractivity contribution >= 4 is 6.09 Å². The van der Waals surface area contributed by atoms with Gasteiger partial charge in [0.05, 0.1) is 6.04 Å². The van der Waals surface area contributed by atoms with Crippen molar-refractivity contribution in [2.45, 2.75) is 25.3 Å². The van der Waals surface area contributed by atoms with Crippen LogP contribution in [0.4, 0.5) is 4.79 Å². The van der Waals surface area contributed by atoms with Crippen molar-refractivity contribution in [1.82, 2.24) is 4.90 Å². The van der Waals surface area contributed by atoms with Gasteiger partial charge < -0.3 is 9.64 Å². The van der Waals surface area contributed by atoms with Crippen LogP contribution in [0, 0.1) is 0 Å². The molecule has 3 heteroatoms. The Hall–Kier alpha value is -0.730. The fraction of sp³-hybridized carbons (Fsp3) is 0.857. The monoisotopic (exact) mass is 141 g/mol. The lowest BCUT2D eigenvalue weighted by atomic mass is 10.0. The molecule has 0 aromatic heterocycles. The molecule has 10 heavy (non-hydrogen) atoms. The molecule has 3 nitrogen and oxygen atoms in total. The van der Waals surface area contributed by atoms with Gasteiger partial charge in [0.25, 0.3) is 0 Å². The first-order valence-corrected chi connectivity index (χ1v) is 3.81. The van der Waals surface area contributed by atoms with Gasteiger partial charge in [0.15, 0.2) is 0 Å². The van der Waals surface area contributed by atoms with E-state index in [2.05, 4.69) is 0 Å². The number of amides is 1. The number of hydrogen-bond donors (Lipinski definition) is 0. The summed E-state index contributed by atoms with van der Waals surface area (Å²) in [6.45, 7) is 1.53. The smallest absolute Gasteiger partial charge is 0.410 e. The number of carbonyl (C=O) groups is 1. The fourth-order valence-electron chi connectivity index (χ4n) is 1.66. The highest BCUT2D eigenvalue weighted by molar-refractivity contribution is 5.70. The lowest BCUT2D eigenvalue weighted by Crippen LogP contribution is -2.37. The van der Waals surface area contributed by atoms with Crippen LogP contribution in [0.25, 0.3) is 0 Å². The Morgan fingerprint density at radius 3 is 3.20 bits per heavy atom. The van der Waals surface area contributed by atoms with E-state index in [-0.39, 0.29) is 6.09 Å². The molecule has 0 unspecified atom stereocenters. The quantitative estimate of drug-likeness (QED) is 0.503. The summed E-state index contributed by atoms with van der Waals surface area (Å²) in [6.07, 6.45) is 3.42. The molecule has 0 spiro atoms. The van der Waals surface area contributed by atoms with Crippen LogP contribution in [0.15, 0.2) is 0 Å². The van der Waals surface area contributed by atoms with Crippen molar-refractivity contribution in [3.05, 3.63) is 0 Å². The molecule has 2 fully saturated rings. The van der Waals surface area contributed by atoms with E-state index in [1.807, 2.05) is 4.90 Å². The molecule has 0 bridgehead atoms. The third-order valence-corrected chi connectivity index (χ3v) is 2.26. The minimum Gasteiger partial charge on any atom is -0.447 e. The average Bonchev–Trinajstić information content (AvgIpc) is 2.34. The molecule has 1 atom stereocenters. The molecule has 2 aliphatic rings. The Kier molecular flexibility index (Phi) is 1.29. The summed E-state index contributed by atoms with van der Waals surface area (Å²) in [5, 5.41) is 0. The average molecular weight is 141 g/mol. The number of cyclic esters (lactones) is 1. The maximum Gasteiger partial charge on any atom is 0.410 e. The largest absolute Gasteiger partial charge is 0.447 e. The standard InChI is InChI=1S/C7H11NO2/c9-7-8-4-2-1-3-6(8)5-10-7/h6H,1-5H2/t6-/m0/s1. The van der Waals surface area contributed by atoms with Crippen LogP contribution >= 0.6 is 0 Å². The van der Waals surface area contributed by atoms with Crippen LogP contribution in [-0.4, -0.2) is 30.2 Å². The van der Waals surface area contributed by atoms with E-state index in [4.69, 9.17) is 4.74 Å². The zero-order valence-electron chi connectivity index (χ0n) is 5.88. The summed E-state index contributed by atoms with van der Waals surface area (Å²) < 4.78 is 4.89. The molecule has 0 radical (unpaired) electrons. The van der Waals surface area contributed by atoms with Gasteiger partial charge in [-0.05, 0) is 19.3 Å². The summed E-state index contributed by atoms with van der Waals surface area (Å²) in [6, 6.07) is 0.404. The SMILES string of the molecule is O=C1OC[C@@H]2CCCCN12. The highest BCUT2D eigenvalue weighted by Gasteiger charge is 2.34. The number of piperidine rings is 1. The Morgan fingerprint density at radius 2 is 2.40 bits per heavy atom. The fourth-order valence-corrected chi connectivity index (χ4v) is 1.66.